The summed E-state index contributed by atoms with van der Waals surface area (Å²) in [6, 6.07) is 1.13. The van der Waals surface area contributed by atoms with Crippen LogP contribution >= 0.6 is 11.3 Å². The van der Waals surface area contributed by atoms with Gasteiger partial charge >= 0.3 is 0 Å². The quantitative estimate of drug-likeness (QED) is 0.623. The zero-order chi connectivity index (χ0) is 12.5. The Morgan fingerprint density at radius 3 is 2.47 bits per heavy atom. The maximum Gasteiger partial charge on any atom is 0.281 e. The summed E-state index contributed by atoms with van der Waals surface area (Å²) >= 11 is 0.907. The van der Waals surface area contributed by atoms with Gasteiger partial charge in [0, 0.05) is 19.2 Å². The van der Waals surface area contributed by atoms with E-state index in [1.165, 1.54) is 9.69 Å². The van der Waals surface area contributed by atoms with Gasteiger partial charge in [0.05, 0.1) is 10.3 Å². The lowest BCUT2D eigenvalue weighted by Gasteiger charge is -2.24. The van der Waals surface area contributed by atoms with Crippen molar-refractivity contribution >= 4 is 27.0 Å². The van der Waals surface area contributed by atoms with Gasteiger partial charge < -0.3 is 0 Å². The van der Waals surface area contributed by atoms with Crippen molar-refractivity contribution in [1.29, 1.82) is 0 Å². The van der Waals surface area contributed by atoms with Crippen LogP contribution in [0.3, 0.4) is 0 Å². The van der Waals surface area contributed by atoms with Gasteiger partial charge in [-0.2, -0.15) is 4.31 Å². The lowest BCUT2D eigenvalue weighted by molar-refractivity contribution is -0.384. The Morgan fingerprint density at radius 1 is 1.29 bits per heavy atom. The molecule has 0 aromatic carbocycles. The molecule has 17 heavy (non-hydrogen) atoms. The van der Waals surface area contributed by atoms with Crippen molar-refractivity contribution in [1.82, 2.24) is 4.31 Å². The molecule has 0 spiro atoms. The highest BCUT2D eigenvalue weighted by Gasteiger charge is 2.28. The average molecular weight is 276 g/mol. The minimum Gasteiger partial charge on any atom is -0.258 e. The number of sulfonamides is 1. The number of thiophene rings is 1. The van der Waals surface area contributed by atoms with Crippen molar-refractivity contribution in [2.75, 3.05) is 13.1 Å². The Balaban J connectivity index is 2.27. The van der Waals surface area contributed by atoms with Gasteiger partial charge in [0.25, 0.3) is 15.7 Å². The van der Waals surface area contributed by atoms with E-state index in [-0.39, 0.29) is 9.90 Å². The van der Waals surface area contributed by atoms with E-state index in [1.54, 1.807) is 0 Å². The molecule has 2 heterocycles. The molecule has 6 nitrogen and oxygen atoms in total. The molecule has 1 aliphatic rings. The Hall–Kier alpha value is -0.990. The van der Waals surface area contributed by atoms with Gasteiger partial charge in [0.1, 0.15) is 4.21 Å². The second-order valence-corrected chi connectivity index (χ2v) is 6.92. The number of rotatable bonds is 3. The number of piperidine rings is 1. The van der Waals surface area contributed by atoms with E-state index in [0.717, 1.165) is 36.7 Å². The average Bonchev–Trinajstić information content (AvgIpc) is 2.80. The summed E-state index contributed by atoms with van der Waals surface area (Å²) in [4.78, 5) is 9.94. The van der Waals surface area contributed by atoms with Gasteiger partial charge in [-0.05, 0) is 12.8 Å². The Morgan fingerprint density at radius 2 is 1.94 bits per heavy atom. The van der Waals surface area contributed by atoms with E-state index in [2.05, 4.69) is 0 Å². The number of hydrogen-bond donors (Lipinski definition) is 0. The number of nitrogens with zero attached hydrogens (tertiary/aromatic N) is 2. The predicted octanol–water partition coefficient (Wildman–Crippen LogP) is 1.83. The van der Waals surface area contributed by atoms with Crippen LogP contribution in [0.1, 0.15) is 19.3 Å². The molecule has 0 N–H and O–H groups in total. The fourth-order valence-corrected chi connectivity index (χ4v) is 4.56. The molecule has 1 saturated heterocycles. The molecule has 0 radical (unpaired) electrons. The molecule has 2 rings (SSSR count). The van der Waals surface area contributed by atoms with Crippen LogP contribution in [-0.4, -0.2) is 30.7 Å². The first-order valence-electron chi connectivity index (χ1n) is 5.25. The normalized spacial score (nSPS) is 18.1. The van der Waals surface area contributed by atoms with Crippen molar-refractivity contribution < 1.29 is 13.3 Å². The van der Waals surface area contributed by atoms with Crippen LogP contribution in [0.5, 0.6) is 0 Å². The summed E-state index contributed by atoms with van der Waals surface area (Å²) in [5.74, 6) is 0. The summed E-state index contributed by atoms with van der Waals surface area (Å²) in [6.45, 7) is 1.02. The van der Waals surface area contributed by atoms with Gasteiger partial charge in [-0.25, -0.2) is 8.42 Å². The largest absolute Gasteiger partial charge is 0.281 e. The van der Waals surface area contributed by atoms with Crippen LogP contribution in [0, 0.1) is 10.1 Å². The molecule has 1 aliphatic heterocycles. The predicted molar refractivity (Wildman–Crippen MR) is 63.6 cm³/mol. The Bertz CT molecular complexity index is 517. The van der Waals surface area contributed by atoms with Gasteiger partial charge in [0.15, 0.2) is 0 Å². The number of nitro groups is 1. The van der Waals surface area contributed by atoms with Gasteiger partial charge in [-0.1, -0.05) is 6.42 Å². The lowest BCUT2D eigenvalue weighted by atomic mass is 10.2. The van der Waals surface area contributed by atoms with E-state index < -0.39 is 14.9 Å². The first-order valence-corrected chi connectivity index (χ1v) is 7.57. The van der Waals surface area contributed by atoms with E-state index in [1.807, 2.05) is 0 Å². The lowest BCUT2D eigenvalue weighted by Crippen LogP contribution is -2.35. The highest BCUT2D eigenvalue weighted by Crippen LogP contribution is 2.29. The van der Waals surface area contributed by atoms with Gasteiger partial charge in [0.2, 0.25) is 0 Å². The summed E-state index contributed by atoms with van der Waals surface area (Å²) in [6.07, 6.45) is 2.75. The third-order valence-electron chi connectivity index (χ3n) is 2.68. The van der Waals surface area contributed by atoms with Crippen LogP contribution < -0.4 is 0 Å². The second-order valence-electron chi connectivity index (χ2n) is 3.85. The Kier molecular flexibility index (Phi) is 3.45. The Labute approximate surface area is 103 Å². The van der Waals surface area contributed by atoms with E-state index >= 15 is 0 Å². The fourth-order valence-electron chi connectivity index (χ4n) is 1.77. The van der Waals surface area contributed by atoms with Crippen molar-refractivity contribution in [2.45, 2.75) is 23.5 Å². The highest BCUT2D eigenvalue weighted by molar-refractivity contribution is 7.91. The third-order valence-corrected chi connectivity index (χ3v) is 5.98. The minimum absolute atomic E-state index is 0.0612. The monoisotopic (exact) mass is 276 g/mol. The smallest absolute Gasteiger partial charge is 0.258 e. The maximum absolute atomic E-state index is 12.1. The van der Waals surface area contributed by atoms with Crippen molar-refractivity contribution in [2.24, 2.45) is 0 Å². The maximum atomic E-state index is 12.1. The SMILES string of the molecule is O=[N+]([O-])c1csc(S(=O)(=O)N2CCCCC2)c1. The molecule has 1 aromatic heterocycles. The van der Waals surface area contributed by atoms with E-state index in [4.69, 9.17) is 0 Å². The molecule has 94 valence electrons. The minimum atomic E-state index is -3.53. The summed E-state index contributed by atoms with van der Waals surface area (Å²) < 4.78 is 25.7. The molecule has 0 unspecified atom stereocenters. The fraction of sp³-hybridized carbons (Fsp3) is 0.556. The van der Waals surface area contributed by atoms with E-state index in [0.29, 0.717) is 13.1 Å². The summed E-state index contributed by atoms with van der Waals surface area (Å²) in [5.41, 5.74) is -0.161. The standard InChI is InChI=1S/C9H12N2O4S2/c12-11(13)8-6-9(16-7-8)17(14,15)10-4-2-1-3-5-10/h6-7H,1-5H2. The van der Waals surface area contributed by atoms with Gasteiger partial charge in [-0.15, -0.1) is 11.3 Å². The zero-order valence-corrected chi connectivity index (χ0v) is 10.7. The molecule has 1 aromatic rings. The van der Waals surface area contributed by atoms with E-state index in [9.17, 15) is 18.5 Å². The van der Waals surface area contributed by atoms with Crippen LogP contribution in [0.4, 0.5) is 5.69 Å². The topological polar surface area (TPSA) is 80.5 Å². The third kappa shape index (κ3) is 2.48. The first kappa shape index (κ1) is 12.5. The molecule has 0 saturated carbocycles. The van der Waals surface area contributed by atoms with Crippen molar-refractivity contribution in [3.63, 3.8) is 0 Å². The van der Waals surface area contributed by atoms with Crippen molar-refractivity contribution in [3.8, 4) is 0 Å². The molecular formula is C9H12N2O4S2. The molecule has 0 amide bonds. The van der Waals surface area contributed by atoms with Crippen LogP contribution in [0.2, 0.25) is 0 Å². The molecule has 8 heteroatoms. The van der Waals surface area contributed by atoms with Crippen LogP contribution in [0.25, 0.3) is 0 Å². The highest BCUT2D eigenvalue weighted by atomic mass is 32.2. The summed E-state index contributed by atoms with van der Waals surface area (Å²) in [7, 11) is -3.53. The molecule has 0 aliphatic carbocycles. The first-order chi connectivity index (χ1) is 8.01. The molecule has 1 fully saturated rings. The zero-order valence-electron chi connectivity index (χ0n) is 9.03. The van der Waals surface area contributed by atoms with Crippen LogP contribution in [-0.2, 0) is 10.0 Å². The molecule has 0 atom stereocenters. The van der Waals surface area contributed by atoms with Gasteiger partial charge in [-0.3, -0.25) is 10.1 Å². The number of hydrogen-bond acceptors (Lipinski definition) is 5. The van der Waals surface area contributed by atoms with Crippen LogP contribution in [0.15, 0.2) is 15.7 Å². The summed E-state index contributed by atoms with van der Waals surface area (Å²) in [5, 5.41) is 11.8. The second kappa shape index (κ2) is 4.71. The molecule has 0 bridgehead atoms. The molecular weight excluding hydrogens is 264 g/mol. The van der Waals surface area contributed by atoms with Crippen molar-refractivity contribution in [3.05, 3.63) is 21.6 Å².